The Morgan fingerprint density at radius 2 is 1.69 bits per heavy atom. The fourth-order valence-corrected chi connectivity index (χ4v) is 2.86. The van der Waals surface area contributed by atoms with Gasteiger partial charge in [-0.15, -0.1) is 24.0 Å². The van der Waals surface area contributed by atoms with Crippen LogP contribution in [0.25, 0.3) is 0 Å². The fraction of sp³-hybridized carbons (Fsp3) is 0.348. The number of rotatable bonds is 11. The van der Waals surface area contributed by atoms with E-state index < -0.39 is 0 Å². The maximum Gasteiger partial charge on any atom is 0.191 e. The van der Waals surface area contributed by atoms with Crippen molar-refractivity contribution in [1.82, 2.24) is 25.4 Å². The van der Waals surface area contributed by atoms with Crippen LogP contribution in [0, 0.1) is 0 Å². The van der Waals surface area contributed by atoms with Crippen LogP contribution in [0.5, 0.6) is 11.5 Å². The summed E-state index contributed by atoms with van der Waals surface area (Å²) in [6.07, 6.45) is 3.46. The van der Waals surface area contributed by atoms with Gasteiger partial charge in [0.05, 0.1) is 13.2 Å². The maximum atomic E-state index is 5.82. The van der Waals surface area contributed by atoms with Gasteiger partial charge in [-0.05, 0) is 42.7 Å². The van der Waals surface area contributed by atoms with Crippen molar-refractivity contribution in [2.24, 2.45) is 12.0 Å². The highest BCUT2D eigenvalue weighted by molar-refractivity contribution is 14.0. The summed E-state index contributed by atoms with van der Waals surface area (Å²) < 4.78 is 13.4. The number of hydrogen-bond donors (Lipinski definition) is 2. The second-order valence-electron chi connectivity index (χ2n) is 6.95. The van der Waals surface area contributed by atoms with E-state index in [1.165, 1.54) is 0 Å². The van der Waals surface area contributed by atoms with Crippen molar-refractivity contribution >= 4 is 29.9 Å². The zero-order valence-electron chi connectivity index (χ0n) is 18.5. The summed E-state index contributed by atoms with van der Waals surface area (Å²) in [5.41, 5.74) is 1.15. The summed E-state index contributed by atoms with van der Waals surface area (Å²) in [4.78, 5) is 8.40. The molecule has 0 aliphatic heterocycles. The Hall–Kier alpha value is -2.82. The van der Waals surface area contributed by atoms with E-state index in [9.17, 15) is 0 Å². The summed E-state index contributed by atoms with van der Waals surface area (Å²) in [7, 11) is 3.62. The molecule has 8 nitrogen and oxygen atoms in total. The molecule has 0 saturated carbocycles. The van der Waals surface area contributed by atoms with Gasteiger partial charge < -0.3 is 20.1 Å². The lowest BCUT2D eigenvalue weighted by atomic mass is 10.2. The number of halogens is 1. The van der Waals surface area contributed by atoms with Gasteiger partial charge in [-0.2, -0.15) is 5.10 Å². The largest absolute Gasteiger partial charge is 0.494 e. The molecule has 172 valence electrons. The van der Waals surface area contributed by atoms with Crippen LogP contribution < -0.4 is 20.1 Å². The first-order chi connectivity index (χ1) is 15.2. The highest BCUT2D eigenvalue weighted by Crippen LogP contribution is 2.19. The van der Waals surface area contributed by atoms with Crippen molar-refractivity contribution in [1.29, 1.82) is 0 Å². The van der Waals surface area contributed by atoms with Crippen LogP contribution >= 0.6 is 24.0 Å². The van der Waals surface area contributed by atoms with Gasteiger partial charge in [0.25, 0.3) is 0 Å². The van der Waals surface area contributed by atoms with Crippen LogP contribution in [-0.2, 0) is 20.2 Å². The molecule has 0 atom stereocenters. The molecular formula is C23H31IN6O2. The average Bonchev–Trinajstić information content (AvgIpc) is 3.22. The van der Waals surface area contributed by atoms with E-state index in [0.29, 0.717) is 19.8 Å². The van der Waals surface area contributed by atoms with E-state index in [4.69, 9.17) is 9.47 Å². The zero-order chi connectivity index (χ0) is 21.7. The molecule has 2 N–H and O–H groups in total. The molecule has 1 aromatic heterocycles. The summed E-state index contributed by atoms with van der Waals surface area (Å²) in [6.45, 7) is 2.61. The molecule has 1 heterocycles. The minimum absolute atomic E-state index is 0. The number of aryl methyl sites for hydroxylation is 1. The van der Waals surface area contributed by atoms with Gasteiger partial charge in [0.15, 0.2) is 5.96 Å². The van der Waals surface area contributed by atoms with E-state index in [1.54, 1.807) is 18.1 Å². The normalized spacial score (nSPS) is 10.9. The molecule has 0 bridgehead atoms. The molecule has 2 aromatic carbocycles. The van der Waals surface area contributed by atoms with Gasteiger partial charge in [0.2, 0.25) is 0 Å². The molecule has 0 amide bonds. The average molecular weight is 550 g/mol. The molecule has 0 aliphatic rings. The molecule has 3 rings (SSSR count). The number of nitrogens with zero attached hydrogens (tertiary/aromatic N) is 4. The Kier molecular flexibility index (Phi) is 11.4. The van der Waals surface area contributed by atoms with Crippen molar-refractivity contribution in [3.8, 4) is 11.5 Å². The lowest BCUT2D eigenvalue weighted by Crippen LogP contribution is -2.37. The fourth-order valence-electron chi connectivity index (χ4n) is 2.86. The first kappa shape index (κ1) is 25.4. The molecular weight excluding hydrogens is 519 g/mol. The number of aromatic nitrogens is 3. The lowest BCUT2D eigenvalue weighted by Gasteiger charge is -2.12. The van der Waals surface area contributed by atoms with Crippen molar-refractivity contribution < 1.29 is 9.47 Å². The van der Waals surface area contributed by atoms with Crippen molar-refractivity contribution in [2.75, 3.05) is 20.2 Å². The van der Waals surface area contributed by atoms with Gasteiger partial charge in [-0.3, -0.25) is 9.67 Å². The number of nitrogens with one attached hydrogen (secondary N) is 2. The Morgan fingerprint density at radius 1 is 0.969 bits per heavy atom. The molecule has 0 fully saturated rings. The predicted molar refractivity (Wildman–Crippen MR) is 137 cm³/mol. The van der Waals surface area contributed by atoms with E-state index in [2.05, 4.69) is 37.8 Å². The SMILES string of the molecule is CN=C(NCCCCOc1ccc(OCc2ccccc2)cc1)NCc1ncnn1C.I. The third-order valence-corrected chi connectivity index (χ3v) is 4.65. The minimum Gasteiger partial charge on any atom is -0.494 e. The predicted octanol–water partition coefficient (Wildman–Crippen LogP) is 3.54. The van der Waals surface area contributed by atoms with Gasteiger partial charge in [0.1, 0.15) is 30.3 Å². The third-order valence-electron chi connectivity index (χ3n) is 4.65. The molecule has 0 unspecified atom stereocenters. The molecule has 9 heteroatoms. The van der Waals surface area contributed by atoms with Crippen LogP contribution in [0.2, 0.25) is 0 Å². The lowest BCUT2D eigenvalue weighted by molar-refractivity contribution is 0.298. The smallest absolute Gasteiger partial charge is 0.191 e. The Morgan fingerprint density at radius 3 is 2.34 bits per heavy atom. The van der Waals surface area contributed by atoms with E-state index >= 15 is 0 Å². The summed E-state index contributed by atoms with van der Waals surface area (Å²) >= 11 is 0. The molecule has 0 spiro atoms. The van der Waals surface area contributed by atoms with E-state index in [1.807, 2.05) is 49.5 Å². The first-order valence-electron chi connectivity index (χ1n) is 10.4. The van der Waals surface area contributed by atoms with Crippen molar-refractivity contribution in [3.63, 3.8) is 0 Å². The minimum atomic E-state index is 0. The van der Waals surface area contributed by atoms with Crippen LogP contribution in [0.4, 0.5) is 0 Å². The molecule has 0 saturated heterocycles. The standard InChI is InChI=1S/C23H30N6O2.HI/c1-24-23(26-16-22-27-18-28-29(22)2)25-14-6-7-15-30-20-10-12-21(13-11-20)31-17-19-8-4-3-5-9-19;/h3-5,8-13,18H,6-7,14-17H2,1-2H3,(H2,24,25,26);1H. The highest BCUT2D eigenvalue weighted by atomic mass is 127. The number of guanidine groups is 1. The van der Waals surface area contributed by atoms with Gasteiger partial charge in [-0.1, -0.05) is 30.3 Å². The second-order valence-corrected chi connectivity index (χ2v) is 6.95. The van der Waals surface area contributed by atoms with E-state index in [-0.39, 0.29) is 24.0 Å². The number of unbranched alkanes of at least 4 members (excludes halogenated alkanes) is 1. The quantitative estimate of drug-likeness (QED) is 0.165. The van der Waals surface area contributed by atoms with Gasteiger partial charge in [0, 0.05) is 20.6 Å². The van der Waals surface area contributed by atoms with Gasteiger partial charge >= 0.3 is 0 Å². The summed E-state index contributed by atoms with van der Waals surface area (Å²) in [6, 6.07) is 17.9. The first-order valence-corrected chi connectivity index (χ1v) is 10.4. The Balaban J connectivity index is 0.00000363. The molecule has 32 heavy (non-hydrogen) atoms. The second kappa shape index (κ2) is 14.3. The highest BCUT2D eigenvalue weighted by Gasteiger charge is 2.03. The maximum absolute atomic E-state index is 5.82. The summed E-state index contributed by atoms with van der Waals surface area (Å²) in [5.74, 6) is 3.28. The zero-order valence-corrected chi connectivity index (χ0v) is 20.9. The monoisotopic (exact) mass is 550 g/mol. The van der Waals surface area contributed by atoms with Crippen molar-refractivity contribution in [2.45, 2.75) is 26.0 Å². The van der Waals surface area contributed by atoms with E-state index in [0.717, 1.165) is 48.2 Å². The summed E-state index contributed by atoms with van der Waals surface area (Å²) in [5, 5.41) is 10.6. The number of aliphatic imine (C=N–C) groups is 1. The van der Waals surface area contributed by atoms with Crippen LogP contribution in [0.15, 0.2) is 65.9 Å². The number of benzene rings is 2. The van der Waals surface area contributed by atoms with Crippen LogP contribution in [-0.4, -0.2) is 40.9 Å². The van der Waals surface area contributed by atoms with Gasteiger partial charge in [-0.25, -0.2) is 4.98 Å². The molecule has 0 radical (unpaired) electrons. The topological polar surface area (TPSA) is 85.6 Å². The van der Waals surface area contributed by atoms with Crippen LogP contribution in [0.3, 0.4) is 0 Å². The number of ether oxygens (including phenoxy) is 2. The molecule has 0 aliphatic carbocycles. The number of hydrogen-bond acceptors (Lipinski definition) is 5. The molecule has 3 aromatic rings. The Labute approximate surface area is 206 Å². The Bertz CT molecular complexity index is 931. The third kappa shape index (κ3) is 8.74. The van der Waals surface area contributed by atoms with Crippen molar-refractivity contribution in [3.05, 3.63) is 72.3 Å². The van der Waals surface area contributed by atoms with Crippen LogP contribution in [0.1, 0.15) is 24.2 Å².